The van der Waals surface area contributed by atoms with Gasteiger partial charge in [-0.15, -0.1) is 0 Å². The summed E-state index contributed by atoms with van der Waals surface area (Å²) in [5.74, 6) is 1.22. The van der Waals surface area contributed by atoms with E-state index >= 15 is 0 Å². The van der Waals surface area contributed by atoms with Crippen molar-refractivity contribution < 1.29 is 13.2 Å². The Morgan fingerprint density at radius 3 is 1.94 bits per heavy atom. The second kappa shape index (κ2) is 9.96. The number of carbonyl (C=O) groups is 1. The second-order valence-electron chi connectivity index (χ2n) is 10.0. The van der Waals surface area contributed by atoms with Gasteiger partial charge in [0.15, 0.2) is 0 Å². The van der Waals surface area contributed by atoms with Crippen molar-refractivity contribution in [3.05, 3.63) is 96.1 Å². The van der Waals surface area contributed by atoms with Gasteiger partial charge >= 0.3 is 0 Å². The fourth-order valence-corrected chi connectivity index (χ4v) is 7.32. The molecule has 2 N–H and O–H groups in total. The molecule has 0 spiro atoms. The molecule has 0 aromatic heterocycles. The third kappa shape index (κ3) is 5.19. The Kier molecular flexibility index (Phi) is 6.76. The van der Waals surface area contributed by atoms with Crippen LogP contribution in [0.3, 0.4) is 0 Å². The largest absolute Gasteiger partial charge is 0.325 e. The van der Waals surface area contributed by atoms with Crippen LogP contribution in [-0.2, 0) is 14.8 Å². The van der Waals surface area contributed by atoms with E-state index in [4.69, 9.17) is 0 Å². The molecule has 2 fully saturated rings. The first kappa shape index (κ1) is 23.8. The van der Waals surface area contributed by atoms with Gasteiger partial charge in [0.1, 0.15) is 0 Å². The molecule has 4 atom stereocenters. The molecule has 0 unspecified atom stereocenters. The highest BCUT2D eigenvalue weighted by Gasteiger charge is 2.42. The Hall–Kier alpha value is -2.96. The molecule has 35 heavy (non-hydrogen) atoms. The van der Waals surface area contributed by atoms with Gasteiger partial charge in [-0.25, -0.2) is 13.1 Å². The highest BCUT2D eigenvalue weighted by molar-refractivity contribution is 7.89. The molecule has 2 saturated carbocycles. The topological polar surface area (TPSA) is 75.3 Å². The maximum atomic E-state index is 13.3. The molecule has 6 heteroatoms. The molecule has 3 aromatic rings. The number of amides is 1. The van der Waals surface area contributed by atoms with E-state index in [1.807, 2.05) is 67.6 Å². The molecule has 5 nitrogen and oxygen atoms in total. The molecule has 2 aliphatic carbocycles. The van der Waals surface area contributed by atoms with Crippen LogP contribution in [0.25, 0.3) is 0 Å². The molecule has 0 saturated heterocycles. The summed E-state index contributed by atoms with van der Waals surface area (Å²) < 4.78 is 28.9. The molecular formula is C29H32N2O3S. The smallest absolute Gasteiger partial charge is 0.240 e. The molecule has 182 valence electrons. The summed E-state index contributed by atoms with van der Waals surface area (Å²) in [5, 5.41) is 2.97. The van der Waals surface area contributed by atoms with Crippen LogP contribution in [0.2, 0.25) is 0 Å². The van der Waals surface area contributed by atoms with E-state index in [1.54, 1.807) is 24.3 Å². The number of sulfonamides is 1. The van der Waals surface area contributed by atoms with E-state index in [9.17, 15) is 13.2 Å². The van der Waals surface area contributed by atoms with Gasteiger partial charge in [-0.2, -0.15) is 0 Å². The van der Waals surface area contributed by atoms with E-state index in [2.05, 4.69) is 10.0 Å². The van der Waals surface area contributed by atoms with Crippen molar-refractivity contribution >= 4 is 21.6 Å². The van der Waals surface area contributed by atoms with Crippen LogP contribution in [0, 0.1) is 17.8 Å². The van der Waals surface area contributed by atoms with E-state index in [-0.39, 0.29) is 16.8 Å². The normalized spacial score (nSPS) is 22.3. The molecule has 2 bridgehead atoms. The first-order valence-electron chi connectivity index (χ1n) is 12.4. The number of hydrogen-bond donors (Lipinski definition) is 2. The van der Waals surface area contributed by atoms with E-state index in [0.717, 1.165) is 23.5 Å². The summed E-state index contributed by atoms with van der Waals surface area (Å²) in [6.07, 6.45) is 4.90. The summed E-state index contributed by atoms with van der Waals surface area (Å²) in [5.41, 5.74) is 2.36. The molecule has 0 radical (unpaired) electrons. The molecule has 1 amide bonds. The van der Waals surface area contributed by atoms with Gasteiger partial charge in [0, 0.05) is 11.7 Å². The Bertz CT molecular complexity index is 1220. The van der Waals surface area contributed by atoms with Crippen molar-refractivity contribution in [2.24, 2.45) is 17.8 Å². The maximum absolute atomic E-state index is 13.3. The Morgan fingerprint density at radius 2 is 1.43 bits per heavy atom. The zero-order chi connectivity index (χ0) is 24.4. The van der Waals surface area contributed by atoms with E-state index < -0.39 is 15.9 Å². The SMILES string of the molecule is C[C@@H](NS(=O)(=O)c1ccc(NC(=O)C(c2ccccc2)c2ccccc2)cc1)[C@@H]1C[C@@H]2CC[C@@H]1C2. The number of benzene rings is 3. The quantitative estimate of drug-likeness (QED) is 0.436. The van der Waals surface area contributed by atoms with Crippen LogP contribution >= 0.6 is 0 Å². The van der Waals surface area contributed by atoms with Crippen LogP contribution in [-0.4, -0.2) is 20.4 Å². The molecule has 0 heterocycles. The summed E-state index contributed by atoms with van der Waals surface area (Å²) >= 11 is 0. The standard InChI is InChI=1S/C29H32N2O3S/c1-20(27-19-21-12-13-24(27)18-21)31-35(33,34)26-16-14-25(15-17-26)30-29(32)28(22-8-4-2-5-9-22)23-10-6-3-7-11-23/h2-11,14-17,20-21,24,27-28,31H,12-13,18-19H2,1H3,(H,30,32)/t20-,21-,24-,27+/m1/s1. The number of fused-ring (bicyclic) bond motifs is 2. The van der Waals surface area contributed by atoms with Gasteiger partial charge in [-0.1, -0.05) is 67.1 Å². The lowest BCUT2D eigenvalue weighted by Crippen LogP contribution is -2.40. The first-order valence-corrected chi connectivity index (χ1v) is 13.9. The van der Waals surface area contributed by atoms with Crippen molar-refractivity contribution in [2.45, 2.75) is 49.5 Å². The summed E-state index contributed by atoms with van der Waals surface area (Å²) in [6, 6.07) is 25.6. The van der Waals surface area contributed by atoms with Gasteiger partial charge in [0.2, 0.25) is 15.9 Å². The van der Waals surface area contributed by atoms with Gasteiger partial charge in [0.25, 0.3) is 0 Å². The Balaban J connectivity index is 1.28. The molecule has 3 aromatic carbocycles. The van der Waals surface area contributed by atoms with Gasteiger partial charge < -0.3 is 5.32 Å². The average Bonchev–Trinajstić information content (AvgIpc) is 3.50. The second-order valence-corrected chi connectivity index (χ2v) is 11.7. The number of hydrogen-bond acceptors (Lipinski definition) is 3. The lowest BCUT2D eigenvalue weighted by Gasteiger charge is -2.28. The van der Waals surface area contributed by atoms with Crippen LogP contribution < -0.4 is 10.0 Å². The van der Waals surface area contributed by atoms with Crippen molar-refractivity contribution in [1.29, 1.82) is 0 Å². The van der Waals surface area contributed by atoms with Gasteiger partial charge in [-0.3, -0.25) is 4.79 Å². The first-order chi connectivity index (χ1) is 16.9. The third-order valence-corrected chi connectivity index (χ3v) is 9.31. The van der Waals surface area contributed by atoms with Crippen LogP contribution in [0.4, 0.5) is 5.69 Å². The van der Waals surface area contributed by atoms with Crippen molar-refractivity contribution in [2.75, 3.05) is 5.32 Å². The molecular weight excluding hydrogens is 456 g/mol. The summed E-state index contributed by atoms with van der Waals surface area (Å²) in [4.78, 5) is 13.5. The van der Waals surface area contributed by atoms with Crippen LogP contribution in [0.5, 0.6) is 0 Å². The van der Waals surface area contributed by atoms with Gasteiger partial charge in [0.05, 0.1) is 10.8 Å². The zero-order valence-corrected chi connectivity index (χ0v) is 20.7. The van der Waals surface area contributed by atoms with E-state index in [0.29, 0.717) is 17.5 Å². The average molecular weight is 489 g/mol. The fraction of sp³-hybridized carbons (Fsp3) is 0.345. The lowest BCUT2D eigenvalue weighted by molar-refractivity contribution is -0.116. The van der Waals surface area contributed by atoms with Crippen molar-refractivity contribution in [3.63, 3.8) is 0 Å². The lowest BCUT2D eigenvalue weighted by atomic mass is 9.84. The third-order valence-electron chi connectivity index (χ3n) is 7.74. The highest BCUT2D eigenvalue weighted by atomic mass is 32.2. The number of nitrogens with one attached hydrogen (secondary N) is 2. The highest BCUT2D eigenvalue weighted by Crippen LogP contribution is 2.49. The number of rotatable bonds is 8. The van der Waals surface area contributed by atoms with Crippen molar-refractivity contribution in [3.8, 4) is 0 Å². The minimum Gasteiger partial charge on any atom is -0.325 e. The Morgan fingerprint density at radius 1 is 0.829 bits per heavy atom. The minimum absolute atomic E-state index is 0.0767. The van der Waals surface area contributed by atoms with Gasteiger partial charge in [-0.05, 0) is 79.3 Å². The fourth-order valence-electron chi connectivity index (χ4n) is 6.02. The predicted octanol–water partition coefficient (Wildman–Crippen LogP) is 5.56. The van der Waals surface area contributed by atoms with Crippen molar-refractivity contribution in [1.82, 2.24) is 4.72 Å². The number of carbonyl (C=O) groups excluding carboxylic acids is 1. The zero-order valence-electron chi connectivity index (χ0n) is 19.9. The molecule has 2 aliphatic rings. The summed E-state index contributed by atoms with van der Waals surface area (Å²) in [6.45, 7) is 1.99. The number of anilines is 1. The molecule has 0 aliphatic heterocycles. The minimum atomic E-state index is -3.62. The predicted molar refractivity (Wildman–Crippen MR) is 139 cm³/mol. The van der Waals surface area contributed by atoms with E-state index in [1.165, 1.54) is 19.3 Å². The van der Waals surface area contributed by atoms with Crippen LogP contribution in [0.15, 0.2) is 89.8 Å². The maximum Gasteiger partial charge on any atom is 0.240 e. The Labute approximate surface area is 208 Å². The summed E-state index contributed by atoms with van der Waals surface area (Å²) in [7, 11) is -3.62. The monoisotopic (exact) mass is 488 g/mol. The molecule has 5 rings (SSSR count). The van der Waals surface area contributed by atoms with Crippen LogP contribution in [0.1, 0.15) is 49.7 Å².